The number of nitrogens with zero attached hydrogens (tertiary/aromatic N) is 2. The zero-order chi connectivity index (χ0) is 19.3. The van der Waals surface area contributed by atoms with Crippen LogP contribution in [0.15, 0.2) is 48.5 Å². The van der Waals surface area contributed by atoms with E-state index in [9.17, 15) is 0 Å². The number of para-hydroxylation sites is 1. The van der Waals surface area contributed by atoms with Gasteiger partial charge in [0.15, 0.2) is 0 Å². The van der Waals surface area contributed by atoms with Gasteiger partial charge in [-0.2, -0.15) is 0 Å². The third-order valence-electron chi connectivity index (χ3n) is 6.04. The molecule has 2 aromatic rings. The molecule has 2 aromatic carbocycles. The molecule has 0 aromatic heterocycles. The van der Waals surface area contributed by atoms with Gasteiger partial charge >= 0.3 is 0 Å². The Bertz CT molecular complexity index is 767. The molecular weight excluding hydrogens is 344 g/mol. The third-order valence-corrected chi connectivity index (χ3v) is 6.04. The highest BCUT2D eigenvalue weighted by atomic mass is 16.5. The quantitative estimate of drug-likeness (QED) is 0.692. The number of fused-ring (bicyclic) bond motifs is 2. The van der Waals surface area contributed by atoms with Crippen LogP contribution in [0.25, 0.3) is 0 Å². The number of hydrogen-bond donors (Lipinski definition) is 0. The lowest BCUT2D eigenvalue weighted by Crippen LogP contribution is -2.45. The lowest BCUT2D eigenvalue weighted by molar-refractivity contribution is 0.0567. The molecule has 0 spiro atoms. The smallest absolute Gasteiger partial charge is 0.0639 e. The maximum Gasteiger partial charge on any atom is 0.0639 e. The molecule has 1 fully saturated rings. The van der Waals surface area contributed by atoms with Crippen LogP contribution in [0, 0.1) is 5.92 Å². The molecule has 0 aliphatic carbocycles. The van der Waals surface area contributed by atoms with Gasteiger partial charge in [0.2, 0.25) is 0 Å². The van der Waals surface area contributed by atoms with Crippen molar-refractivity contribution < 1.29 is 4.74 Å². The minimum atomic E-state index is 0.458. The van der Waals surface area contributed by atoms with Crippen LogP contribution in [-0.2, 0) is 17.7 Å². The van der Waals surface area contributed by atoms with Gasteiger partial charge in [0.25, 0.3) is 0 Å². The van der Waals surface area contributed by atoms with Crippen molar-refractivity contribution in [2.45, 2.75) is 45.7 Å². The summed E-state index contributed by atoms with van der Waals surface area (Å²) < 4.78 is 6.13. The molecule has 1 atom stereocenters. The molecular formula is C25H34N2O. The number of hydrogen-bond acceptors (Lipinski definition) is 3. The molecule has 2 heterocycles. The second-order valence-corrected chi connectivity index (χ2v) is 8.78. The number of rotatable bonds is 7. The van der Waals surface area contributed by atoms with Crippen molar-refractivity contribution in [2.24, 2.45) is 5.92 Å². The van der Waals surface area contributed by atoms with E-state index in [0.717, 1.165) is 32.7 Å². The Balaban J connectivity index is 1.57. The fraction of sp³-hybridized carbons (Fsp3) is 0.520. The van der Waals surface area contributed by atoms with Crippen molar-refractivity contribution in [1.82, 2.24) is 4.90 Å². The van der Waals surface area contributed by atoms with Gasteiger partial charge in [-0.1, -0.05) is 56.3 Å². The standard InChI is InChI=1S/C25H34N2O/c1-20(2)18-28-19-24(26-13-7-8-14-26)17-27-16-23-11-4-3-9-21(23)15-22-10-5-6-12-25(22)27/h3-6,9-12,20,24H,7-8,13-19H2,1-2H3. The van der Waals surface area contributed by atoms with E-state index in [1.54, 1.807) is 0 Å². The number of benzene rings is 2. The van der Waals surface area contributed by atoms with Gasteiger partial charge in [-0.25, -0.2) is 0 Å². The predicted molar refractivity (Wildman–Crippen MR) is 117 cm³/mol. The van der Waals surface area contributed by atoms with Crippen LogP contribution in [-0.4, -0.2) is 43.8 Å². The molecule has 0 amide bonds. The minimum absolute atomic E-state index is 0.458. The van der Waals surface area contributed by atoms with Crippen molar-refractivity contribution in [3.8, 4) is 0 Å². The molecule has 3 nitrogen and oxygen atoms in total. The molecule has 4 rings (SSSR count). The highest BCUT2D eigenvalue weighted by Gasteiger charge is 2.27. The van der Waals surface area contributed by atoms with E-state index < -0.39 is 0 Å². The van der Waals surface area contributed by atoms with Crippen molar-refractivity contribution >= 4 is 5.69 Å². The summed E-state index contributed by atoms with van der Waals surface area (Å²) in [7, 11) is 0. The number of likely N-dealkylation sites (tertiary alicyclic amines) is 1. The summed E-state index contributed by atoms with van der Waals surface area (Å²) in [6.45, 7) is 10.6. The van der Waals surface area contributed by atoms with Gasteiger partial charge in [-0.3, -0.25) is 4.90 Å². The topological polar surface area (TPSA) is 15.7 Å². The summed E-state index contributed by atoms with van der Waals surface area (Å²) in [5.41, 5.74) is 5.76. The number of anilines is 1. The van der Waals surface area contributed by atoms with Gasteiger partial charge in [-0.05, 0) is 61.0 Å². The normalized spacial score (nSPS) is 18.0. The Labute approximate surface area is 170 Å². The molecule has 0 saturated carbocycles. The highest BCUT2D eigenvalue weighted by molar-refractivity contribution is 5.58. The summed E-state index contributed by atoms with van der Waals surface area (Å²) in [6.07, 6.45) is 3.67. The largest absolute Gasteiger partial charge is 0.379 e. The second kappa shape index (κ2) is 9.11. The van der Waals surface area contributed by atoms with Crippen LogP contribution in [0.1, 0.15) is 43.4 Å². The lowest BCUT2D eigenvalue weighted by atomic mass is 10.0. The van der Waals surface area contributed by atoms with Crippen LogP contribution < -0.4 is 4.90 Å². The van der Waals surface area contributed by atoms with Crippen LogP contribution >= 0.6 is 0 Å². The fourth-order valence-corrected chi connectivity index (χ4v) is 4.59. The summed E-state index contributed by atoms with van der Waals surface area (Å²) in [4.78, 5) is 5.25. The SMILES string of the molecule is CC(C)COCC(CN1Cc2ccccc2Cc2ccccc21)N1CCCC1. The first-order valence-electron chi connectivity index (χ1n) is 10.9. The Kier molecular flexibility index (Phi) is 6.33. The van der Waals surface area contributed by atoms with Crippen LogP contribution in [0.4, 0.5) is 5.69 Å². The van der Waals surface area contributed by atoms with Gasteiger partial charge in [0, 0.05) is 25.4 Å². The van der Waals surface area contributed by atoms with E-state index in [1.165, 1.54) is 48.3 Å². The van der Waals surface area contributed by atoms with Crippen molar-refractivity contribution in [1.29, 1.82) is 0 Å². The van der Waals surface area contributed by atoms with E-state index in [4.69, 9.17) is 4.74 Å². The van der Waals surface area contributed by atoms with E-state index >= 15 is 0 Å². The van der Waals surface area contributed by atoms with Crippen LogP contribution in [0.2, 0.25) is 0 Å². The summed E-state index contributed by atoms with van der Waals surface area (Å²) in [5.74, 6) is 0.588. The van der Waals surface area contributed by atoms with Crippen molar-refractivity contribution in [3.05, 3.63) is 65.2 Å². The van der Waals surface area contributed by atoms with Crippen LogP contribution in [0.5, 0.6) is 0 Å². The Hall–Kier alpha value is -1.84. The van der Waals surface area contributed by atoms with Crippen LogP contribution in [0.3, 0.4) is 0 Å². The Morgan fingerprint density at radius 3 is 2.29 bits per heavy atom. The minimum Gasteiger partial charge on any atom is -0.379 e. The first-order chi connectivity index (χ1) is 13.7. The van der Waals surface area contributed by atoms with Gasteiger partial charge in [-0.15, -0.1) is 0 Å². The first-order valence-corrected chi connectivity index (χ1v) is 10.9. The van der Waals surface area contributed by atoms with Gasteiger partial charge in [0.05, 0.1) is 12.6 Å². The van der Waals surface area contributed by atoms with E-state index in [2.05, 4.69) is 72.2 Å². The summed E-state index contributed by atoms with van der Waals surface area (Å²) in [6, 6.07) is 18.4. The molecule has 0 radical (unpaired) electrons. The first kappa shape index (κ1) is 19.5. The molecule has 3 heteroatoms. The third kappa shape index (κ3) is 4.59. The highest BCUT2D eigenvalue weighted by Crippen LogP contribution is 2.31. The number of ether oxygens (including phenoxy) is 1. The predicted octanol–water partition coefficient (Wildman–Crippen LogP) is 4.73. The maximum absolute atomic E-state index is 6.13. The zero-order valence-corrected chi connectivity index (χ0v) is 17.4. The fourth-order valence-electron chi connectivity index (χ4n) is 4.59. The molecule has 1 saturated heterocycles. The molecule has 0 N–H and O–H groups in total. The molecule has 0 bridgehead atoms. The Morgan fingerprint density at radius 2 is 1.54 bits per heavy atom. The van der Waals surface area contributed by atoms with Gasteiger partial charge < -0.3 is 9.64 Å². The van der Waals surface area contributed by atoms with E-state index in [-0.39, 0.29) is 0 Å². The summed E-state index contributed by atoms with van der Waals surface area (Å²) in [5, 5.41) is 0. The van der Waals surface area contributed by atoms with E-state index in [0.29, 0.717) is 12.0 Å². The average Bonchev–Trinajstić information content (AvgIpc) is 3.17. The molecule has 2 aliphatic rings. The zero-order valence-electron chi connectivity index (χ0n) is 17.4. The molecule has 2 aliphatic heterocycles. The molecule has 150 valence electrons. The maximum atomic E-state index is 6.13. The summed E-state index contributed by atoms with van der Waals surface area (Å²) >= 11 is 0. The lowest BCUT2D eigenvalue weighted by Gasteiger charge is -2.34. The second-order valence-electron chi connectivity index (χ2n) is 8.78. The monoisotopic (exact) mass is 378 g/mol. The van der Waals surface area contributed by atoms with Crippen molar-refractivity contribution in [2.75, 3.05) is 37.7 Å². The van der Waals surface area contributed by atoms with E-state index in [1.807, 2.05) is 0 Å². The molecule has 28 heavy (non-hydrogen) atoms. The molecule has 1 unspecified atom stereocenters. The van der Waals surface area contributed by atoms with Gasteiger partial charge in [0.1, 0.15) is 0 Å². The van der Waals surface area contributed by atoms with Crippen molar-refractivity contribution in [3.63, 3.8) is 0 Å². The average molecular weight is 379 g/mol. The Morgan fingerprint density at radius 1 is 0.857 bits per heavy atom.